The van der Waals surface area contributed by atoms with Crippen molar-refractivity contribution in [3.05, 3.63) is 59.7 Å². The Balaban J connectivity index is 2.29. The Bertz CT molecular complexity index is 783. The van der Waals surface area contributed by atoms with Crippen molar-refractivity contribution in [2.45, 2.75) is 22.8 Å². The minimum atomic E-state index is -1.01. The van der Waals surface area contributed by atoms with Crippen molar-refractivity contribution in [3.63, 3.8) is 0 Å². The molecule has 2 aromatic rings. The fraction of sp³-hybridized carbons (Fsp3) is 0.118. The molecule has 0 radical (unpaired) electrons. The Morgan fingerprint density at radius 3 is 2.39 bits per heavy atom. The summed E-state index contributed by atoms with van der Waals surface area (Å²) in [7, 11) is 0. The lowest BCUT2D eigenvalue weighted by Gasteiger charge is -2.12. The van der Waals surface area contributed by atoms with E-state index >= 15 is 0 Å². The van der Waals surface area contributed by atoms with E-state index in [-0.39, 0.29) is 0 Å². The van der Waals surface area contributed by atoms with Gasteiger partial charge < -0.3 is 10.5 Å². The van der Waals surface area contributed by atoms with Crippen molar-refractivity contribution in [2.24, 2.45) is 5.73 Å². The zero-order chi connectivity index (χ0) is 16.8. The number of nitrogens with zero attached hydrogens (tertiary/aromatic N) is 1. The topological polar surface area (TPSA) is 93.2 Å². The zero-order valence-electron chi connectivity index (χ0n) is 12.4. The molecule has 0 spiro atoms. The number of ether oxygens (including phenoxy) is 1. The molecule has 2 aromatic carbocycles. The fourth-order valence-electron chi connectivity index (χ4n) is 1.77. The van der Waals surface area contributed by atoms with Gasteiger partial charge in [-0.05, 0) is 31.2 Å². The van der Waals surface area contributed by atoms with Gasteiger partial charge in [0.25, 0.3) is 5.91 Å². The van der Waals surface area contributed by atoms with E-state index in [0.717, 1.165) is 4.90 Å². The smallest absolute Gasteiger partial charge is 0.340 e. The third kappa shape index (κ3) is 4.11. The van der Waals surface area contributed by atoms with E-state index in [1.54, 1.807) is 42.5 Å². The molecule has 2 rings (SSSR count). The van der Waals surface area contributed by atoms with Gasteiger partial charge in [-0.1, -0.05) is 36.0 Å². The van der Waals surface area contributed by atoms with Crippen molar-refractivity contribution in [2.75, 3.05) is 0 Å². The SMILES string of the molecule is C[C@@H](OC(=O)c1ccccc1Sc1ccccc1C#N)C(N)=O. The van der Waals surface area contributed by atoms with Crippen molar-refractivity contribution < 1.29 is 14.3 Å². The molecule has 0 saturated heterocycles. The minimum Gasteiger partial charge on any atom is -0.449 e. The van der Waals surface area contributed by atoms with Crippen LogP contribution in [0.5, 0.6) is 0 Å². The summed E-state index contributed by atoms with van der Waals surface area (Å²) in [5.74, 6) is -1.34. The number of carbonyl (C=O) groups is 2. The molecule has 0 aliphatic carbocycles. The van der Waals surface area contributed by atoms with Gasteiger partial charge in [0.15, 0.2) is 6.10 Å². The molecule has 0 aromatic heterocycles. The summed E-state index contributed by atoms with van der Waals surface area (Å²) in [6, 6.07) is 16.1. The van der Waals surface area contributed by atoms with Gasteiger partial charge in [-0.3, -0.25) is 4.79 Å². The van der Waals surface area contributed by atoms with Crippen molar-refractivity contribution >= 4 is 23.6 Å². The second kappa shape index (κ2) is 7.47. The molecular formula is C17H14N2O3S. The highest BCUT2D eigenvalue weighted by atomic mass is 32.2. The number of esters is 1. The highest BCUT2D eigenvalue weighted by molar-refractivity contribution is 7.99. The van der Waals surface area contributed by atoms with Crippen LogP contribution in [0.2, 0.25) is 0 Å². The molecule has 0 saturated carbocycles. The van der Waals surface area contributed by atoms with Gasteiger partial charge in [-0.15, -0.1) is 0 Å². The maximum Gasteiger partial charge on any atom is 0.340 e. The van der Waals surface area contributed by atoms with E-state index in [1.165, 1.54) is 18.7 Å². The molecule has 0 aliphatic rings. The van der Waals surface area contributed by atoms with Crippen LogP contribution < -0.4 is 5.73 Å². The lowest BCUT2D eigenvalue weighted by atomic mass is 10.2. The van der Waals surface area contributed by atoms with Gasteiger partial charge in [0.1, 0.15) is 6.07 Å². The summed E-state index contributed by atoms with van der Waals surface area (Å²) in [5, 5.41) is 9.15. The van der Waals surface area contributed by atoms with E-state index < -0.39 is 18.0 Å². The summed E-state index contributed by atoms with van der Waals surface area (Å²) in [4.78, 5) is 24.6. The van der Waals surface area contributed by atoms with Gasteiger partial charge in [0.05, 0.1) is 11.1 Å². The standard InChI is InChI=1S/C17H14N2O3S/c1-11(16(19)20)22-17(21)13-7-3-5-9-15(13)23-14-8-4-2-6-12(14)10-18/h2-9,11H,1H3,(H2,19,20)/t11-/m1/s1. The van der Waals surface area contributed by atoms with Gasteiger partial charge in [-0.25, -0.2) is 4.79 Å². The van der Waals surface area contributed by atoms with Gasteiger partial charge in [-0.2, -0.15) is 5.26 Å². The van der Waals surface area contributed by atoms with Crippen LogP contribution in [-0.4, -0.2) is 18.0 Å². The van der Waals surface area contributed by atoms with E-state index in [1.807, 2.05) is 6.07 Å². The molecule has 6 heteroatoms. The van der Waals surface area contributed by atoms with Gasteiger partial charge in [0, 0.05) is 9.79 Å². The number of nitrogens with two attached hydrogens (primary N) is 1. The molecular weight excluding hydrogens is 312 g/mol. The molecule has 116 valence electrons. The fourth-order valence-corrected chi connectivity index (χ4v) is 2.79. The third-order valence-corrected chi connectivity index (χ3v) is 4.17. The molecule has 23 heavy (non-hydrogen) atoms. The first-order valence-electron chi connectivity index (χ1n) is 6.79. The highest BCUT2D eigenvalue weighted by Gasteiger charge is 2.19. The lowest BCUT2D eigenvalue weighted by Crippen LogP contribution is -2.30. The number of benzene rings is 2. The average molecular weight is 326 g/mol. The highest BCUT2D eigenvalue weighted by Crippen LogP contribution is 2.32. The van der Waals surface area contributed by atoms with E-state index in [2.05, 4.69) is 6.07 Å². The summed E-state index contributed by atoms with van der Waals surface area (Å²) in [5.41, 5.74) is 5.94. The van der Waals surface area contributed by atoms with E-state index in [0.29, 0.717) is 16.0 Å². The van der Waals surface area contributed by atoms with Crippen molar-refractivity contribution in [1.29, 1.82) is 5.26 Å². The number of amides is 1. The number of primary amides is 1. The molecule has 1 amide bonds. The maximum atomic E-state index is 12.2. The van der Waals surface area contributed by atoms with Gasteiger partial charge in [0.2, 0.25) is 0 Å². The second-order valence-electron chi connectivity index (χ2n) is 4.66. The zero-order valence-corrected chi connectivity index (χ0v) is 13.2. The lowest BCUT2D eigenvalue weighted by molar-refractivity contribution is -0.125. The summed E-state index contributed by atoms with van der Waals surface area (Å²) < 4.78 is 5.04. The molecule has 0 unspecified atom stereocenters. The number of rotatable bonds is 5. The number of hydrogen-bond donors (Lipinski definition) is 1. The van der Waals surface area contributed by atoms with Crippen molar-refractivity contribution in [3.8, 4) is 6.07 Å². The number of nitriles is 1. The molecule has 0 fully saturated rings. The Morgan fingerprint density at radius 1 is 1.13 bits per heavy atom. The quantitative estimate of drug-likeness (QED) is 0.853. The monoisotopic (exact) mass is 326 g/mol. The van der Waals surface area contributed by atoms with Crippen LogP contribution >= 0.6 is 11.8 Å². The van der Waals surface area contributed by atoms with Crippen LogP contribution in [0, 0.1) is 11.3 Å². The van der Waals surface area contributed by atoms with Crippen LogP contribution in [-0.2, 0) is 9.53 Å². The number of carbonyl (C=O) groups excluding carboxylic acids is 2. The molecule has 1 atom stereocenters. The predicted molar refractivity (Wildman–Crippen MR) is 85.8 cm³/mol. The van der Waals surface area contributed by atoms with Crippen LogP contribution in [0.4, 0.5) is 0 Å². The first-order valence-corrected chi connectivity index (χ1v) is 7.61. The molecule has 2 N–H and O–H groups in total. The molecule has 0 bridgehead atoms. The molecule has 0 heterocycles. The Labute approximate surface area is 138 Å². The Kier molecular flexibility index (Phi) is 5.39. The first-order chi connectivity index (χ1) is 11.0. The first kappa shape index (κ1) is 16.6. The van der Waals surface area contributed by atoms with Crippen molar-refractivity contribution in [1.82, 2.24) is 0 Å². The summed E-state index contributed by atoms with van der Waals surface area (Å²) >= 11 is 1.29. The Hall–Kier alpha value is -2.78. The normalized spacial score (nSPS) is 11.3. The number of hydrogen-bond acceptors (Lipinski definition) is 5. The predicted octanol–water partition coefficient (Wildman–Crippen LogP) is 2.74. The van der Waals surface area contributed by atoms with E-state index in [4.69, 9.17) is 15.7 Å². The molecule has 5 nitrogen and oxygen atoms in total. The van der Waals surface area contributed by atoms with E-state index in [9.17, 15) is 9.59 Å². The third-order valence-electron chi connectivity index (χ3n) is 3.02. The van der Waals surface area contributed by atoms with Crippen LogP contribution in [0.15, 0.2) is 58.3 Å². The van der Waals surface area contributed by atoms with Crippen LogP contribution in [0.3, 0.4) is 0 Å². The van der Waals surface area contributed by atoms with Crippen LogP contribution in [0.1, 0.15) is 22.8 Å². The second-order valence-corrected chi connectivity index (χ2v) is 5.74. The average Bonchev–Trinajstić information content (AvgIpc) is 2.55. The molecule has 0 aliphatic heterocycles. The largest absolute Gasteiger partial charge is 0.449 e. The summed E-state index contributed by atoms with van der Waals surface area (Å²) in [6.07, 6.45) is -1.01. The maximum absolute atomic E-state index is 12.2. The Morgan fingerprint density at radius 2 is 1.74 bits per heavy atom. The van der Waals surface area contributed by atoms with Gasteiger partial charge >= 0.3 is 5.97 Å². The minimum absolute atomic E-state index is 0.318. The van der Waals surface area contributed by atoms with Crippen LogP contribution in [0.25, 0.3) is 0 Å². The summed E-state index contributed by atoms with van der Waals surface area (Å²) in [6.45, 7) is 1.42.